The zero-order valence-electron chi connectivity index (χ0n) is 15.9. The standard InChI is InChI=1S/C21H14N4O5S/c26-25(27)16-5-2-1-4-15(16)23-21-24(17(12-31-21)18-6-3-9-28-18)22-11-14-7-8-19-20(10-14)30-13-29-19/h1-12H,13H2. The van der Waals surface area contributed by atoms with E-state index in [1.54, 1.807) is 41.4 Å². The molecule has 31 heavy (non-hydrogen) atoms. The summed E-state index contributed by atoms with van der Waals surface area (Å²) >= 11 is 1.30. The number of fused-ring (bicyclic) bond motifs is 1. The van der Waals surface area contributed by atoms with Crippen LogP contribution in [0.2, 0.25) is 0 Å². The van der Waals surface area contributed by atoms with Crippen molar-refractivity contribution in [3.63, 3.8) is 0 Å². The van der Waals surface area contributed by atoms with E-state index >= 15 is 0 Å². The highest BCUT2D eigenvalue weighted by molar-refractivity contribution is 7.07. The molecule has 0 saturated heterocycles. The molecule has 3 heterocycles. The molecule has 0 atom stereocenters. The second kappa shape index (κ2) is 7.92. The molecule has 1 aliphatic rings. The van der Waals surface area contributed by atoms with Gasteiger partial charge < -0.3 is 13.9 Å². The van der Waals surface area contributed by atoms with Crippen molar-refractivity contribution in [3.05, 3.63) is 86.7 Å². The van der Waals surface area contributed by atoms with Gasteiger partial charge in [-0.1, -0.05) is 12.1 Å². The molecule has 154 valence electrons. The highest BCUT2D eigenvalue weighted by Crippen LogP contribution is 2.32. The zero-order chi connectivity index (χ0) is 21.2. The van der Waals surface area contributed by atoms with E-state index in [4.69, 9.17) is 13.9 Å². The number of rotatable bonds is 5. The fourth-order valence-corrected chi connectivity index (χ4v) is 3.85. The minimum atomic E-state index is -0.458. The van der Waals surface area contributed by atoms with Crippen LogP contribution in [0.25, 0.3) is 11.5 Å². The summed E-state index contributed by atoms with van der Waals surface area (Å²) in [7, 11) is 0. The van der Waals surface area contributed by atoms with Gasteiger partial charge in [0.05, 0.1) is 17.4 Å². The number of hydrogen-bond acceptors (Lipinski definition) is 8. The Morgan fingerprint density at radius 3 is 2.81 bits per heavy atom. The van der Waals surface area contributed by atoms with E-state index in [1.165, 1.54) is 17.4 Å². The van der Waals surface area contributed by atoms with Crippen molar-refractivity contribution in [2.45, 2.75) is 0 Å². The number of aromatic nitrogens is 1. The van der Waals surface area contributed by atoms with Gasteiger partial charge in [-0.2, -0.15) is 5.10 Å². The van der Waals surface area contributed by atoms with Crippen molar-refractivity contribution in [1.29, 1.82) is 0 Å². The van der Waals surface area contributed by atoms with Crippen molar-refractivity contribution in [3.8, 4) is 23.0 Å². The van der Waals surface area contributed by atoms with Gasteiger partial charge >= 0.3 is 0 Å². The van der Waals surface area contributed by atoms with Crippen molar-refractivity contribution in [1.82, 2.24) is 4.68 Å². The molecule has 1 aliphatic heterocycles. The predicted octanol–water partition coefficient (Wildman–Crippen LogP) is 4.56. The average Bonchev–Trinajstić information content (AvgIpc) is 3.53. The third-order valence-electron chi connectivity index (χ3n) is 4.47. The van der Waals surface area contributed by atoms with Gasteiger partial charge in [0.2, 0.25) is 11.6 Å². The molecule has 0 aliphatic carbocycles. The summed E-state index contributed by atoms with van der Waals surface area (Å²) in [6, 6.07) is 15.4. The van der Waals surface area contributed by atoms with E-state index < -0.39 is 4.92 Å². The van der Waals surface area contributed by atoms with E-state index in [0.29, 0.717) is 27.8 Å². The summed E-state index contributed by atoms with van der Waals surface area (Å²) in [6.07, 6.45) is 3.22. The lowest BCUT2D eigenvalue weighted by Crippen LogP contribution is -2.11. The van der Waals surface area contributed by atoms with Crippen molar-refractivity contribution in [2.75, 3.05) is 6.79 Å². The van der Waals surface area contributed by atoms with Crippen LogP contribution in [0, 0.1) is 10.1 Å². The molecule has 0 unspecified atom stereocenters. The highest BCUT2D eigenvalue weighted by atomic mass is 32.1. The maximum Gasteiger partial charge on any atom is 0.294 e. The largest absolute Gasteiger partial charge is 0.463 e. The molecule has 0 radical (unpaired) electrons. The number of ether oxygens (including phenoxy) is 2. The SMILES string of the molecule is O=[N+]([O-])c1ccccc1N=c1scc(-c2ccco2)n1N=Cc1ccc2c(c1)OCO2. The third-order valence-corrected chi connectivity index (χ3v) is 5.29. The minimum Gasteiger partial charge on any atom is -0.463 e. The first-order valence-corrected chi connectivity index (χ1v) is 10.0. The van der Waals surface area contributed by atoms with Gasteiger partial charge in [-0.05, 0) is 42.0 Å². The summed E-state index contributed by atoms with van der Waals surface area (Å²) in [5.74, 6) is 1.93. The number of hydrogen-bond donors (Lipinski definition) is 0. The van der Waals surface area contributed by atoms with Crippen LogP contribution in [0.3, 0.4) is 0 Å². The lowest BCUT2D eigenvalue weighted by atomic mass is 10.2. The van der Waals surface area contributed by atoms with Gasteiger partial charge in [0.25, 0.3) is 5.69 Å². The maximum atomic E-state index is 11.4. The van der Waals surface area contributed by atoms with Gasteiger partial charge in [-0.25, -0.2) is 9.67 Å². The molecule has 5 rings (SSSR count). The van der Waals surface area contributed by atoms with Crippen LogP contribution in [0.4, 0.5) is 11.4 Å². The smallest absolute Gasteiger partial charge is 0.294 e. The second-order valence-electron chi connectivity index (χ2n) is 6.41. The van der Waals surface area contributed by atoms with Crippen LogP contribution >= 0.6 is 11.3 Å². The first-order valence-electron chi connectivity index (χ1n) is 9.15. The molecule has 4 aromatic rings. The van der Waals surface area contributed by atoms with E-state index in [2.05, 4.69) is 10.1 Å². The van der Waals surface area contributed by atoms with E-state index in [0.717, 1.165) is 5.56 Å². The van der Waals surface area contributed by atoms with Gasteiger partial charge in [0, 0.05) is 11.4 Å². The Labute approximate surface area is 179 Å². The molecule has 0 amide bonds. The van der Waals surface area contributed by atoms with Crippen molar-refractivity contribution >= 4 is 28.9 Å². The van der Waals surface area contributed by atoms with E-state index in [9.17, 15) is 10.1 Å². The molecule has 0 bridgehead atoms. The van der Waals surface area contributed by atoms with Gasteiger partial charge in [0.1, 0.15) is 11.4 Å². The summed E-state index contributed by atoms with van der Waals surface area (Å²) < 4.78 is 17.9. The van der Waals surface area contributed by atoms with E-state index in [1.807, 2.05) is 29.6 Å². The third kappa shape index (κ3) is 3.71. The normalized spacial score (nSPS) is 13.2. The predicted molar refractivity (Wildman–Crippen MR) is 114 cm³/mol. The van der Waals surface area contributed by atoms with Crippen LogP contribution < -0.4 is 14.3 Å². The van der Waals surface area contributed by atoms with Crippen LogP contribution in [0.15, 0.2) is 80.8 Å². The second-order valence-corrected chi connectivity index (χ2v) is 7.24. The van der Waals surface area contributed by atoms with Crippen LogP contribution in [0.1, 0.15) is 5.56 Å². The topological polar surface area (TPSA) is 104 Å². The van der Waals surface area contributed by atoms with Gasteiger partial charge in [0.15, 0.2) is 17.3 Å². The summed E-state index contributed by atoms with van der Waals surface area (Å²) in [5.41, 5.74) is 1.63. The van der Waals surface area contributed by atoms with Crippen LogP contribution in [0.5, 0.6) is 11.5 Å². The number of benzene rings is 2. The molecule has 0 saturated carbocycles. The number of nitro groups is 1. The zero-order valence-corrected chi connectivity index (χ0v) is 16.7. The summed E-state index contributed by atoms with van der Waals surface area (Å²) in [6.45, 7) is 0.191. The molecule has 0 spiro atoms. The summed E-state index contributed by atoms with van der Waals surface area (Å²) in [4.78, 5) is 15.9. The van der Waals surface area contributed by atoms with E-state index in [-0.39, 0.29) is 18.2 Å². The molecule has 2 aromatic carbocycles. The number of nitro benzene ring substituents is 1. The minimum absolute atomic E-state index is 0.0817. The van der Waals surface area contributed by atoms with Crippen LogP contribution in [-0.4, -0.2) is 22.6 Å². The summed E-state index contributed by atoms with van der Waals surface area (Å²) in [5, 5.41) is 17.8. The first-order chi connectivity index (χ1) is 15.2. The lowest BCUT2D eigenvalue weighted by molar-refractivity contribution is -0.384. The Morgan fingerprint density at radius 2 is 1.97 bits per heavy atom. The fourth-order valence-electron chi connectivity index (χ4n) is 3.02. The highest BCUT2D eigenvalue weighted by Gasteiger charge is 2.15. The average molecular weight is 434 g/mol. The lowest BCUT2D eigenvalue weighted by Gasteiger charge is -2.02. The van der Waals surface area contributed by atoms with Crippen molar-refractivity contribution < 1.29 is 18.8 Å². The molecular formula is C21H14N4O5S. The quantitative estimate of drug-likeness (QED) is 0.260. The van der Waals surface area contributed by atoms with Crippen molar-refractivity contribution in [2.24, 2.45) is 10.1 Å². The Hall–Kier alpha value is -4.18. The van der Waals surface area contributed by atoms with Gasteiger partial charge in [-0.15, -0.1) is 11.3 Å². The Morgan fingerprint density at radius 1 is 1.10 bits per heavy atom. The number of para-hydroxylation sites is 2. The monoisotopic (exact) mass is 434 g/mol. The number of nitrogens with zero attached hydrogens (tertiary/aromatic N) is 4. The molecule has 9 nitrogen and oxygen atoms in total. The number of thiazole rings is 1. The number of furan rings is 1. The molecule has 0 N–H and O–H groups in total. The Bertz CT molecular complexity index is 1350. The van der Waals surface area contributed by atoms with Crippen LogP contribution in [-0.2, 0) is 0 Å². The first kappa shape index (κ1) is 18.8. The maximum absolute atomic E-state index is 11.4. The molecule has 10 heteroatoms. The Kier molecular flexibility index (Phi) is 4.81. The molecule has 0 fully saturated rings. The van der Waals surface area contributed by atoms with Gasteiger partial charge in [-0.3, -0.25) is 10.1 Å². The molecule has 2 aromatic heterocycles. The Balaban J connectivity index is 1.62. The fraction of sp³-hybridized carbons (Fsp3) is 0.0476. The molecular weight excluding hydrogens is 420 g/mol.